The molecular weight excluding hydrogens is 733 g/mol. The Labute approximate surface area is 368 Å². The highest BCUT2D eigenvalue weighted by molar-refractivity contribution is 5.71. The van der Waals surface area contributed by atoms with Crippen LogP contribution >= 0.6 is 0 Å². The van der Waals surface area contributed by atoms with Crippen LogP contribution in [0.15, 0.2) is 0 Å². The summed E-state index contributed by atoms with van der Waals surface area (Å²) < 4.78 is 16.8. The van der Waals surface area contributed by atoms with E-state index in [0.29, 0.717) is 19.3 Å². The van der Waals surface area contributed by atoms with E-state index < -0.39 is 6.10 Å². The Morgan fingerprint density at radius 2 is 0.559 bits per heavy atom. The molecule has 0 rings (SSSR count). The summed E-state index contributed by atoms with van der Waals surface area (Å²) in [7, 11) is 0. The van der Waals surface area contributed by atoms with Gasteiger partial charge in [0.15, 0.2) is 6.10 Å². The van der Waals surface area contributed by atoms with Crippen molar-refractivity contribution in [2.75, 3.05) is 13.2 Å². The molecule has 0 bridgehead atoms. The maximum absolute atomic E-state index is 12.8. The lowest BCUT2D eigenvalue weighted by Crippen LogP contribution is -2.30. The molecule has 0 N–H and O–H groups in total. The molecule has 0 spiro atoms. The lowest BCUT2D eigenvalue weighted by atomic mass is 10.0. The molecule has 0 aromatic carbocycles. The average Bonchev–Trinajstić information content (AvgIpc) is 3.22. The van der Waals surface area contributed by atoms with Crippen molar-refractivity contribution in [2.24, 2.45) is 5.92 Å². The Morgan fingerprint density at radius 1 is 0.322 bits per heavy atom. The number of ether oxygens (including phenoxy) is 3. The molecule has 350 valence electrons. The molecule has 1 atom stereocenters. The third-order valence-electron chi connectivity index (χ3n) is 12.0. The van der Waals surface area contributed by atoms with Gasteiger partial charge in [-0.3, -0.25) is 14.4 Å². The lowest BCUT2D eigenvalue weighted by molar-refractivity contribution is -0.167. The second-order valence-electron chi connectivity index (χ2n) is 18.6. The predicted octanol–water partition coefficient (Wildman–Crippen LogP) is 17.1. The fraction of sp³-hybridized carbons (Fsp3) is 0.943. The van der Waals surface area contributed by atoms with Gasteiger partial charge < -0.3 is 14.2 Å². The van der Waals surface area contributed by atoms with Gasteiger partial charge in [-0.15, -0.1) is 0 Å². The van der Waals surface area contributed by atoms with Crippen LogP contribution < -0.4 is 0 Å². The topological polar surface area (TPSA) is 78.9 Å². The second-order valence-corrected chi connectivity index (χ2v) is 18.6. The number of hydrogen-bond acceptors (Lipinski definition) is 6. The van der Waals surface area contributed by atoms with Gasteiger partial charge in [-0.1, -0.05) is 259 Å². The fourth-order valence-electron chi connectivity index (χ4n) is 8.04. The van der Waals surface area contributed by atoms with Crippen LogP contribution in [0.2, 0.25) is 0 Å². The first kappa shape index (κ1) is 57.4. The zero-order valence-corrected chi connectivity index (χ0v) is 40.2. The number of unbranched alkanes of at least 4 members (excludes halogenated alkanes) is 35. The van der Waals surface area contributed by atoms with Crippen LogP contribution in [0.5, 0.6) is 0 Å². The standard InChI is InChI=1S/C53H102O6/c1-5-7-9-11-13-15-17-20-25-28-32-36-40-44-51(54)57-47-50(59-53(56)46-42-38-34-30-24-18-16-14-12-10-8-6-2)48-58-52(55)45-41-37-33-29-26-22-19-21-23-27-31-35-39-43-49(3)4/h49-50H,5-48H2,1-4H3/t50-/m1/s1. The summed E-state index contributed by atoms with van der Waals surface area (Å²) in [5.41, 5.74) is 0. The molecule has 0 aromatic heterocycles. The van der Waals surface area contributed by atoms with Gasteiger partial charge in [0, 0.05) is 19.3 Å². The number of esters is 3. The van der Waals surface area contributed by atoms with E-state index in [1.54, 1.807) is 0 Å². The Bertz CT molecular complexity index is 887. The molecule has 0 aliphatic carbocycles. The van der Waals surface area contributed by atoms with Crippen LogP contribution in [0.4, 0.5) is 0 Å². The number of rotatable bonds is 48. The van der Waals surface area contributed by atoms with Crippen molar-refractivity contribution in [3.63, 3.8) is 0 Å². The molecule has 6 nitrogen and oxygen atoms in total. The van der Waals surface area contributed by atoms with Gasteiger partial charge in [0.2, 0.25) is 0 Å². The van der Waals surface area contributed by atoms with E-state index in [1.807, 2.05) is 0 Å². The second kappa shape index (κ2) is 47.5. The van der Waals surface area contributed by atoms with Crippen LogP contribution in [-0.2, 0) is 28.6 Å². The first-order valence-corrected chi connectivity index (χ1v) is 26.4. The Kier molecular flexibility index (Phi) is 46.2. The first-order chi connectivity index (χ1) is 28.9. The molecule has 0 saturated heterocycles. The zero-order valence-electron chi connectivity index (χ0n) is 40.2. The average molecular weight is 835 g/mol. The summed E-state index contributed by atoms with van der Waals surface area (Å²) >= 11 is 0. The van der Waals surface area contributed by atoms with Crippen LogP contribution in [0, 0.1) is 5.92 Å². The molecule has 0 fully saturated rings. The highest BCUT2D eigenvalue weighted by Crippen LogP contribution is 2.17. The lowest BCUT2D eigenvalue weighted by Gasteiger charge is -2.18. The molecule has 0 heterocycles. The Balaban J connectivity index is 4.29. The molecule has 0 radical (unpaired) electrons. The largest absolute Gasteiger partial charge is 0.462 e. The van der Waals surface area contributed by atoms with Gasteiger partial charge in [0.05, 0.1) is 0 Å². The molecule has 0 unspecified atom stereocenters. The smallest absolute Gasteiger partial charge is 0.306 e. The minimum Gasteiger partial charge on any atom is -0.462 e. The minimum atomic E-state index is -0.760. The number of carbonyl (C=O) groups is 3. The SMILES string of the molecule is CCCCCCCCCCCCCCCC(=O)OC[C@H](COC(=O)CCCCCCCCCCCCCCCC(C)C)OC(=O)CCCCCCCCCCCCCC. The molecule has 6 heteroatoms. The molecule has 0 saturated carbocycles. The minimum absolute atomic E-state index is 0.0625. The zero-order chi connectivity index (χ0) is 43.1. The van der Waals surface area contributed by atoms with Crippen molar-refractivity contribution in [3.8, 4) is 0 Å². The van der Waals surface area contributed by atoms with Crippen molar-refractivity contribution in [1.82, 2.24) is 0 Å². The van der Waals surface area contributed by atoms with Crippen molar-refractivity contribution in [2.45, 2.75) is 303 Å². The Morgan fingerprint density at radius 3 is 0.831 bits per heavy atom. The van der Waals surface area contributed by atoms with Crippen LogP contribution in [0.25, 0.3) is 0 Å². The Hall–Kier alpha value is -1.59. The van der Waals surface area contributed by atoms with E-state index >= 15 is 0 Å². The van der Waals surface area contributed by atoms with Gasteiger partial charge in [-0.25, -0.2) is 0 Å². The summed E-state index contributed by atoms with van der Waals surface area (Å²) in [6, 6.07) is 0. The maximum Gasteiger partial charge on any atom is 0.306 e. The molecule has 0 amide bonds. The first-order valence-electron chi connectivity index (χ1n) is 26.4. The van der Waals surface area contributed by atoms with Crippen molar-refractivity contribution in [3.05, 3.63) is 0 Å². The normalized spacial score (nSPS) is 11.9. The maximum atomic E-state index is 12.8. The van der Waals surface area contributed by atoms with Gasteiger partial charge >= 0.3 is 17.9 Å². The summed E-state index contributed by atoms with van der Waals surface area (Å²) in [6.07, 6.45) is 49.4. The van der Waals surface area contributed by atoms with Gasteiger partial charge in [-0.2, -0.15) is 0 Å². The predicted molar refractivity (Wildman–Crippen MR) is 252 cm³/mol. The van der Waals surface area contributed by atoms with E-state index in [-0.39, 0.29) is 31.1 Å². The number of hydrogen-bond donors (Lipinski definition) is 0. The van der Waals surface area contributed by atoms with E-state index in [9.17, 15) is 14.4 Å². The van der Waals surface area contributed by atoms with Gasteiger partial charge in [0.25, 0.3) is 0 Å². The van der Waals surface area contributed by atoms with Gasteiger partial charge in [-0.05, 0) is 25.2 Å². The highest BCUT2D eigenvalue weighted by Gasteiger charge is 2.19. The third-order valence-corrected chi connectivity index (χ3v) is 12.0. The summed E-state index contributed by atoms with van der Waals surface area (Å²) in [5, 5.41) is 0. The van der Waals surface area contributed by atoms with Crippen molar-refractivity contribution >= 4 is 17.9 Å². The number of carbonyl (C=O) groups excluding carboxylic acids is 3. The van der Waals surface area contributed by atoms with Crippen LogP contribution in [0.3, 0.4) is 0 Å². The molecule has 0 aliphatic rings. The monoisotopic (exact) mass is 835 g/mol. The fourth-order valence-corrected chi connectivity index (χ4v) is 8.04. The highest BCUT2D eigenvalue weighted by atomic mass is 16.6. The van der Waals surface area contributed by atoms with Gasteiger partial charge in [0.1, 0.15) is 13.2 Å². The molecular formula is C53H102O6. The summed E-state index contributed by atoms with van der Waals surface area (Å²) in [6.45, 7) is 9.03. The quantitative estimate of drug-likeness (QED) is 0.0345. The van der Waals surface area contributed by atoms with E-state index in [4.69, 9.17) is 14.2 Å². The summed E-state index contributed by atoms with van der Waals surface area (Å²) in [4.78, 5) is 37.9. The molecule has 59 heavy (non-hydrogen) atoms. The van der Waals surface area contributed by atoms with Crippen LogP contribution in [-0.4, -0.2) is 37.2 Å². The van der Waals surface area contributed by atoms with Crippen LogP contribution in [0.1, 0.15) is 297 Å². The van der Waals surface area contributed by atoms with E-state index in [0.717, 1.165) is 63.7 Å². The summed E-state index contributed by atoms with van der Waals surface area (Å²) in [5.74, 6) is -0.00262. The van der Waals surface area contributed by atoms with E-state index in [1.165, 1.54) is 193 Å². The van der Waals surface area contributed by atoms with Crippen molar-refractivity contribution in [1.29, 1.82) is 0 Å². The van der Waals surface area contributed by atoms with E-state index in [2.05, 4.69) is 27.7 Å². The molecule has 0 aromatic rings. The molecule has 0 aliphatic heterocycles. The third kappa shape index (κ3) is 47.3. The van der Waals surface area contributed by atoms with Crippen molar-refractivity contribution < 1.29 is 28.6 Å².